The Morgan fingerprint density at radius 3 is 2.95 bits per heavy atom. The van der Waals surface area contributed by atoms with E-state index in [1.54, 1.807) is 25.1 Å². The molecule has 1 fully saturated rings. The van der Waals surface area contributed by atoms with E-state index in [-0.39, 0.29) is 17.5 Å². The van der Waals surface area contributed by atoms with Gasteiger partial charge in [0.1, 0.15) is 6.10 Å². The van der Waals surface area contributed by atoms with Gasteiger partial charge in [-0.1, -0.05) is 18.7 Å². The van der Waals surface area contributed by atoms with E-state index in [9.17, 15) is 10.1 Å². The van der Waals surface area contributed by atoms with Crippen molar-refractivity contribution >= 4 is 5.69 Å². The van der Waals surface area contributed by atoms with Crippen LogP contribution in [0.1, 0.15) is 25.3 Å². The predicted molar refractivity (Wildman–Crippen MR) is 73.2 cm³/mol. The van der Waals surface area contributed by atoms with Gasteiger partial charge in [0, 0.05) is 18.7 Å². The molecular weight excluding hydrogens is 244 g/mol. The maximum absolute atomic E-state index is 11.1. The molecule has 1 atom stereocenters. The van der Waals surface area contributed by atoms with E-state index in [1.807, 2.05) is 6.07 Å². The van der Waals surface area contributed by atoms with Crippen LogP contribution in [-0.4, -0.2) is 17.1 Å². The Morgan fingerprint density at radius 1 is 1.63 bits per heavy atom. The second-order valence-corrected chi connectivity index (χ2v) is 4.77. The summed E-state index contributed by atoms with van der Waals surface area (Å²) in [6.45, 7) is 6.05. The third kappa shape index (κ3) is 3.79. The number of nitro benzene ring substituents is 1. The van der Waals surface area contributed by atoms with Gasteiger partial charge in [-0.25, -0.2) is 0 Å². The monoisotopic (exact) mass is 262 g/mol. The summed E-state index contributed by atoms with van der Waals surface area (Å²) in [5.41, 5.74) is 0.904. The smallest absolute Gasteiger partial charge is 0.311 e. The number of rotatable bonds is 7. The van der Waals surface area contributed by atoms with Crippen molar-refractivity contribution in [2.75, 3.05) is 0 Å². The Morgan fingerprint density at radius 2 is 2.37 bits per heavy atom. The molecule has 102 valence electrons. The third-order valence-corrected chi connectivity index (χ3v) is 3.04. The molecule has 0 aromatic heterocycles. The molecule has 1 aromatic rings. The van der Waals surface area contributed by atoms with Crippen LogP contribution in [0.3, 0.4) is 0 Å². The van der Waals surface area contributed by atoms with Crippen molar-refractivity contribution in [1.82, 2.24) is 5.32 Å². The van der Waals surface area contributed by atoms with Gasteiger partial charge in [-0.3, -0.25) is 10.1 Å². The van der Waals surface area contributed by atoms with Gasteiger partial charge in [0.25, 0.3) is 0 Å². The number of benzene rings is 1. The van der Waals surface area contributed by atoms with Crippen molar-refractivity contribution in [1.29, 1.82) is 0 Å². The van der Waals surface area contributed by atoms with Crippen LogP contribution in [-0.2, 0) is 6.54 Å². The highest BCUT2D eigenvalue weighted by Gasteiger charge is 2.21. The van der Waals surface area contributed by atoms with Crippen LogP contribution in [0.4, 0.5) is 5.69 Å². The molecule has 2 rings (SSSR count). The molecule has 0 aliphatic heterocycles. The molecule has 1 unspecified atom stereocenters. The lowest BCUT2D eigenvalue weighted by molar-refractivity contribution is -0.386. The zero-order valence-electron chi connectivity index (χ0n) is 11.0. The molecular formula is C14H18N2O3. The number of nitrogens with zero attached hydrogens (tertiary/aromatic N) is 1. The molecule has 0 saturated heterocycles. The highest BCUT2D eigenvalue weighted by molar-refractivity contribution is 5.49. The van der Waals surface area contributed by atoms with E-state index in [0.29, 0.717) is 12.6 Å². The summed E-state index contributed by atoms with van der Waals surface area (Å²) in [7, 11) is 0. The van der Waals surface area contributed by atoms with E-state index in [2.05, 4.69) is 11.9 Å². The van der Waals surface area contributed by atoms with Crippen molar-refractivity contribution in [3.05, 3.63) is 46.5 Å². The van der Waals surface area contributed by atoms with Crippen LogP contribution in [0.25, 0.3) is 0 Å². The summed E-state index contributed by atoms with van der Waals surface area (Å²) in [6.07, 6.45) is 3.74. The normalized spacial score (nSPS) is 15.8. The van der Waals surface area contributed by atoms with Crippen LogP contribution < -0.4 is 10.1 Å². The fourth-order valence-corrected chi connectivity index (χ4v) is 1.71. The average Bonchev–Trinajstić information content (AvgIpc) is 3.21. The lowest BCUT2D eigenvalue weighted by Crippen LogP contribution is -2.15. The molecule has 0 radical (unpaired) electrons. The van der Waals surface area contributed by atoms with Crippen LogP contribution in [0.2, 0.25) is 0 Å². The first-order valence-corrected chi connectivity index (χ1v) is 6.40. The first kappa shape index (κ1) is 13.5. The number of nitro groups is 1. The molecule has 1 aliphatic rings. The summed E-state index contributed by atoms with van der Waals surface area (Å²) in [6, 6.07) is 5.66. The van der Waals surface area contributed by atoms with E-state index < -0.39 is 4.92 Å². The number of hydrogen-bond acceptors (Lipinski definition) is 4. The van der Waals surface area contributed by atoms with Gasteiger partial charge in [0.05, 0.1) is 4.92 Å². The maximum Gasteiger partial charge on any atom is 0.311 e. The van der Waals surface area contributed by atoms with Gasteiger partial charge < -0.3 is 10.1 Å². The second-order valence-electron chi connectivity index (χ2n) is 4.77. The molecule has 1 aliphatic carbocycles. The minimum Gasteiger partial charge on any atom is -0.480 e. The molecule has 1 saturated carbocycles. The fourth-order valence-electron chi connectivity index (χ4n) is 1.71. The molecule has 19 heavy (non-hydrogen) atoms. The Bertz CT molecular complexity index is 484. The van der Waals surface area contributed by atoms with Gasteiger partial charge >= 0.3 is 5.69 Å². The molecule has 0 bridgehead atoms. The lowest BCUT2D eigenvalue weighted by Gasteiger charge is -2.11. The van der Waals surface area contributed by atoms with Crippen LogP contribution in [0.5, 0.6) is 5.75 Å². The molecule has 0 heterocycles. The highest BCUT2D eigenvalue weighted by Crippen LogP contribution is 2.29. The number of hydrogen-bond donors (Lipinski definition) is 1. The third-order valence-electron chi connectivity index (χ3n) is 3.04. The van der Waals surface area contributed by atoms with E-state index >= 15 is 0 Å². The fraction of sp³-hybridized carbons (Fsp3) is 0.429. The summed E-state index contributed by atoms with van der Waals surface area (Å²) in [4.78, 5) is 10.7. The average molecular weight is 262 g/mol. The van der Waals surface area contributed by atoms with Gasteiger partial charge in [-0.2, -0.15) is 0 Å². The zero-order chi connectivity index (χ0) is 13.8. The van der Waals surface area contributed by atoms with Gasteiger partial charge in [-0.05, 0) is 31.4 Å². The molecule has 1 N–H and O–H groups in total. The highest BCUT2D eigenvalue weighted by atomic mass is 16.6. The maximum atomic E-state index is 11.1. The van der Waals surface area contributed by atoms with Crippen molar-refractivity contribution in [2.45, 2.75) is 38.5 Å². The first-order valence-electron chi connectivity index (χ1n) is 6.40. The second kappa shape index (κ2) is 5.84. The molecule has 1 aromatic carbocycles. The zero-order valence-corrected chi connectivity index (χ0v) is 11.0. The van der Waals surface area contributed by atoms with Crippen LogP contribution in [0, 0.1) is 10.1 Å². The van der Waals surface area contributed by atoms with Crippen molar-refractivity contribution < 1.29 is 9.66 Å². The largest absolute Gasteiger partial charge is 0.480 e. The summed E-state index contributed by atoms with van der Waals surface area (Å²) in [5, 5.41) is 14.4. The minimum atomic E-state index is -0.411. The molecule has 5 heteroatoms. The Kier molecular flexibility index (Phi) is 4.16. The lowest BCUT2D eigenvalue weighted by atomic mass is 10.2. The van der Waals surface area contributed by atoms with E-state index in [0.717, 1.165) is 5.56 Å². The SMILES string of the molecule is C=CC(C)Oc1ccc(CNC2CC2)cc1[N+](=O)[O-]. The van der Waals surface area contributed by atoms with Gasteiger partial charge in [-0.15, -0.1) is 0 Å². The summed E-state index contributed by atoms with van der Waals surface area (Å²) >= 11 is 0. The Labute approximate surface area is 112 Å². The molecule has 5 nitrogen and oxygen atoms in total. The first-order chi connectivity index (χ1) is 9.10. The van der Waals surface area contributed by atoms with Crippen LogP contribution in [0.15, 0.2) is 30.9 Å². The van der Waals surface area contributed by atoms with Gasteiger partial charge in [0.15, 0.2) is 5.75 Å². The number of nitrogens with one attached hydrogen (secondary N) is 1. The molecule has 0 amide bonds. The van der Waals surface area contributed by atoms with Crippen molar-refractivity contribution in [3.8, 4) is 5.75 Å². The minimum absolute atomic E-state index is 0.00352. The van der Waals surface area contributed by atoms with Gasteiger partial charge in [0.2, 0.25) is 0 Å². The number of ether oxygens (including phenoxy) is 1. The van der Waals surface area contributed by atoms with Crippen LogP contribution >= 0.6 is 0 Å². The van der Waals surface area contributed by atoms with E-state index in [1.165, 1.54) is 12.8 Å². The molecule has 0 spiro atoms. The summed E-state index contributed by atoms with van der Waals surface area (Å²) < 4.78 is 5.47. The van der Waals surface area contributed by atoms with Crippen molar-refractivity contribution in [2.24, 2.45) is 0 Å². The summed E-state index contributed by atoms with van der Waals surface area (Å²) in [5.74, 6) is 0.285. The quantitative estimate of drug-likeness (QED) is 0.466. The van der Waals surface area contributed by atoms with Crippen molar-refractivity contribution in [3.63, 3.8) is 0 Å². The topological polar surface area (TPSA) is 64.4 Å². The Hall–Kier alpha value is -1.88. The van der Waals surface area contributed by atoms with E-state index in [4.69, 9.17) is 4.74 Å². The Balaban J connectivity index is 2.13. The predicted octanol–water partition coefficient (Wildman–Crippen LogP) is 2.80. The standard InChI is InChI=1S/C14H18N2O3/c1-3-10(2)19-14-7-4-11(8-13(14)16(17)18)9-15-12-5-6-12/h3-4,7-8,10,12,15H,1,5-6,9H2,2H3.